The highest BCUT2D eigenvalue weighted by Gasteiger charge is 2.25. The van der Waals surface area contributed by atoms with Gasteiger partial charge in [-0.25, -0.2) is 0 Å². The van der Waals surface area contributed by atoms with Gasteiger partial charge in [-0.05, 0) is 17.7 Å². The maximum absolute atomic E-state index is 12.8. The Morgan fingerprint density at radius 1 is 1.04 bits per heavy atom. The van der Waals surface area contributed by atoms with Crippen LogP contribution in [-0.4, -0.2) is 50.6 Å². The summed E-state index contributed by atoms with van der Waals surface area (Å²) in [5, 5.41) is 3.68. The van der Waals surface area contributed by atoms with Crippen molar-refractivity contribution in [2.75, 3.05) is 26.3 Å². The maximum Gasteiger partial charge on any atom is 0.332 e. The Hall–Kier alpha value is -2.36. The van der Waals surface area contributed by atoms with E-state index in [9.17, 15) is 13.2 Å². The van der Waals surface area contributed by atoms with Gasteiger partial charge >= 0.3 is 10.1 Å². The van der Waals surface area contributed by atoms with Gasteiger partial charge in [0.1, 0.15) is 5.75 Å². The summed E-state index contributed by atoms with van der Waals surface area (Å²) in [4.78, 5) is 15.2. The van der Waals surface area contributed by atoms with Crippen molar-refractivity contribution in [2.24, 2.45) is 5.16 Å². The second-order valence-electron chi connectivity index (χ2n) is 5.98. The fraction of sp³-hybridized carbons (Fsp3) is 0.263. The molecule has 0 N–H and O–H groups in total. The largest absolute Gasteiger partial charge is 0.378 e. The summed E-state index contributed by atoms with van der Waals surface area (Å²) in [5.74, 6) is -0.709. The second-order valence-corrected chi connectivity index (χ2v) is 8.59. The normalized spacial score (nSPS) is 15.3. The van der Waals surface area contributed by atoms with Crippen LogP contribution >= 0.6 is 11.8 Å². The summed E-state index contributed by atoms with van der Waals surface area (Å²) in [6, 6.07) is 17.8. The molecule has 28 heavy (non-hydrogen) atoms. The minimum atomic E-state index is -3.98. The number of carbonyl (C=O) groups is 1. The number of carbonyl (C=O) groups excluding carboxylic acids is 1. The van der Waals surface area contributed by atoms with E-state index < -0.39 is 10.1 Å². The summed E-state index contributed by atoms with van der Waals surface area (Å²) in [5.41, 5.74) is 0.578. The third kappa shape index (κ3) is 6.08. The average Bonchev–Trinajstić information content (AvgIpc) is 2.72. The minimum absolute atomic E-state index is 0.0373. The molecule has 3 rings (SSSR count). The molecule has 1 aliphatic rings. The van der Waals surface area contributed by atoms with Crippen molar-refractivity contribution in [3.05, 3.63) is 66.2 Å². The van der Waals surface area contributed by atoms with Gasteiger partial charge in [0.05, 0.1) is 13.2 Å². The molecule has 0 aliphatic carbocycles. The fourth-order valence-corrected chi connectivity index (χ4v) is 4.19. The molecule has 1 heterocycles. The maximum atomic E-state index is 12.8. The predicted molar refractivity (Wildman–Crippen MR) is 107 cm³/mol. The molecule has 148 valence electrons. The van der Waals surface area contributed by atoms with E-state index in [1.165, 1.54) is 0 Å². The number of rotatable bonds is 5. The molecule has 1 saturated heterocycles. The number of oxime groups is 1. The molecule has 1 aliphatic heterocycles. The van der Waals surface area contributed by atoms with Crippen LogP contribution in [0.1, 0.15) is 5.56 Å². The molecule has 9 heteroatoms. The van der Waals surface area contributed by atoms with Gasteiger partial charge in [-0.15, -0.1) is 0 Å². The minimum Gasteiger partial charge on any atom is -0.378 e. The van der Waals surface area contributed by atoms with Crippen LogP contribution in [0.15, 0.2) is 70.7 Å². The zero-order valence-corrected chi connectivity index (χ0v) is 16.7. The van der Waals surface area contributed by atoms with E-state index in [-0.39, 0.29) is 16.7 Å². The van der Waals surface area contributed by atoms with E-state index in [1.54, 1.807) is 35.2 Å². The molecule has 0 unspecified atom stereocenters. The molecule has 0 aromatic heterocycles. The van der Waals surface area contributed by atoms with Crippen LogP contribution in [0.3, 0.4) is 0 Å². The van der Waals surface area contributed by atoms with Crippen LogP contribution in [0.4, 0.5) is 0 Å². The van der Waals surface area contributed by atoms with E-state index in [0.717, 1.165) is 16.7 Å². The Labute approximate surface area is 168 Å². The number of nitrogens with zero attached hydrogens (tertiary/aromatic N) is 2. The van der Waals surface area contributed by atoms with Crippen molar-refractivity contribution in [3.63, 3.8) is 0 Å². The van der Waals surface area contributed by atoms with Gasteiger partial charge in [-0.1, -0.05) is 65.4 Å². The standard InChI is InChI=1S/C19H20N2O5S2/c22-19(21-11-13-25-14-12-21)18(27-17-9-5-2-6-10-17)20-26-28(23,24)15-16-7-3-1-4-8-16/h1-10H,11-15H2/b20-18-. The zero-order valence-electron chi connectivity index (χ0n) is 15.1. The lowest BCUT2D eigenvalue weighted by molar-refractivity contribution is -0.127. The summed E-state index contributed by atoms with van der Waals surface area (Å²) in [6.45, 7) is 1.71. The first-order valence-electron chi connectivity index (χ1n) is 8.67. The van der Waals surface area contributed by atoms with Crippen molar-refractivity contribution in [1.29, 1.82) is 0 Å². The number of amides is 1. The van der Waals surface area contributed by atoms with Crippen LogP contribution in [0.5, 0.6) is 0 Å². The number of morpholine rings is 1. The molecule has 0 radical (unpaired) electrons. The first-order valence-corrected chi connectivity index (χ1v) is 11.1. The highest BCUT2D eigenvalue weighted by atomic mass is 32.2. The number of ether oxygens (including phenoxy) is 1. The molecule has 0 spiro atoms. The van der Waals surface area contributed by atoms with Crippen molar-refractivity contribution in [3.8, 4) is 0 Å². The molecule has 2 aromatic carbocycles. The van der Waals surface area contributed by atoms with E-state index >= 15 is 0 Å². The van der Waals surface area contributed by atoms with E-state index in [0.29, 0.717) is 31.9 Å². The van der Waals surface area contributed by atoms with Crippen LogP contribution < -0.4 is 0 Å². The predicted octanol–water partition coefficient (Wildman–Crippen LogP) is 2.50. The lowest BCUT2D eigenvalue weighted by Gasteiger charge is -2.26. The Morgan fingerprint density at radius 2 is 1.64 bits per heavy atom. The number of hydrogen-bond donors (Lipinski definition) is 0. The van der Waals surface area contributed by atoms with Crippen LogP contribution in [0.25, 0.3) is 0 Å². The highest BCUT2D eigenvalue weighted by Crippen LogP contribution is 2.22. The Kier molecular flexibility index (Phi) is 7.07. The van der Waals surface area contributed by atoms with E-state index in [1.807, 2.05) is 30.3 Å². The summed E-state index contributed by atoms with van der Waals surface area (Å²) in [7, 11) is -3.98. The third-order valence-electron chi connectivity index (χ3n) is 3.86. The van der Waals surface area contributed by atoms with E-state index in [2.05, 4.69) is 5.16 Å². The Bertz CT molecular complexity index is 912. The smallest absolute Gasteiger partial charge is 0.332 e. The van der Waals surface area contributed by atoms with Crippen molar-refractivity contribution < 1.29 is 22.2 Å². The first-order chi connectivity index (χ1) is 13.5. The van der Waals surface area contributed by atoms with Crippen LogP contribution in [-0.2, 0) is 29.7 Å². The van der Waals surface area contributed by atoms with Gasteiger partial charge in [0.25, 0.3) is 5.91 Å². The quantitative estimate of drug-likeness (QED) is 0.320. The van der Waals surface area contributed by atoms with Gasteiger partial charge in [-0.2, -0.15) is 8.42 Å². The van der Waals surface area contributed by atoms with Crippen LogP contribution in [0, 0.1) is 0 Å². The molecular formula is C19H20N2O5S2. The lowest BCUT2D eigenvalue weighted by atomic mass is 10.2. The Balaban J connectivity index is 1.77. The summed E-state index contributed by atoms with van der Waals surface area (Å²) in [6.07, 6.45) is 0. The summed E-state index contributed by atoms with van der Waals surface area (Å²) >= 11 is 1.07. The zero-order chi connectivity index (χ0) is 19.8. The molecule has 0 saturated carbocycles. The summed E-state index contributed by atoms with van der Waals surface area (Å²) < 4.78 is 34.6. The molecule has 2 aromatic rings. The van der Waals surface area contributed by atoms with Gasteiger partial charge < -0.3 is 9.64 Å². The monoisotopic (exact) mass is 420 g/mol. The lowest BCUT2D eigenvalue weighted by Crippen LogP contribution is -2.43. The first kappa shape index (κ1) is 20.4. The van der Waals surface area contributed by atoms with Crippen molar-refractivity contribution in [2.45, 2.75) is 10.6 Å². The number of hydrogen-bond acceptors (Lipinski definition) is 7. The molecule has 1 amide bonds. The number of thioether (sulfide) groups is 1. The van der Waals surface area contributed by atoms with Gasteiger partial charge in [0.2, 0.25) is 5.04 Å². The molecule has 0 bridgehead atoms. The molecule has 1 fully saturated rings. The topological polar surface area (TPSA) is 85.3 Å². The van der Waals surface area contributed by atoms with Crippen molar-refractivity contribution in [1.82, 2.24) is 4.90 Å². The highest BCUT2D eigenvalue weighted by molar-refractivity contribution is 8.15. The van der Waals surface area contributed by atoms with Gasteiger partial charge in [0, 0.05) is 18.0 Å². The second kappa shape index (κ2) is 9.72. The molecule has 7 nitrogen and oxygen atoms in total. The molecule has 0 atom stereocenters. The van der Waals surface area contributed by atoms with Gasteiger partial charge in [-0.3, -0.25) is 9.08 Å². The average molecular weight is 421 g/mol. The SMILES string of the molecule is O=C(/C(=N/OS(=O)(=O)Cc1ccccc1)Sc1ccccc1)N1CCOCC1. The van der Waals surface area contributed by atoms with Gasteiger partial charge in [0.15, 0.2) is 0 Å². The number of benzene rings is 2. The third-order valence-corrected chi connectivity index (χ3v) is 5.80. The fourth-order valence-electron chi connectivity index (χ4n) is 2.50. The van der Waals surface area contributed by atoms with Crippen molar-refractivity contribution >= 4 is 32.8 Å². The molecular weight excluding hydrogens is 400 g/mol. The van der Waals surface area contributed by atoms with E-state index in [4.69, 9.17) is 9.02 Å². The van der Waals surface area contributed by atoms with Crippen LogP contribution in [0.2, 0.25) is 0 Å². The Morgan fingerprint density at radius 3 is 2.29 bits per heavy atom.